The summed E-state index contributed by atoms with van der Waals surface area (Å²) in [5, 5.41) is 2.04. The van der Waals surface area contributed by atoms with Gasteiger partial charge in [0.15, 0.2) is 10.7 Å². The van der Waals surface area contributed by atoms with Crippen molar-refractivity contribution in [3.63, 3.8) is 0 Å². The van der Waals surface area contributed by atoms with Crippen LogP contribution in [0.2, 0.25) is 0 Å². The highest BCUT2D eigenvalue weighted by molar-refractivity contribution is 7.15. The summed E-state index contributed by atoms with van der Waals surface area (Å²) in [6.45, 7) is 5.24. The van der Waals surface area contributed by atoms with Crippen LogP contribution in [0.25, 0.3) is 4.96 Å². The lowest BCUT2D eigenvalue weighted by Crippen LogP contribution is -2.35. The molecule has 0 spiro atoms. The molecule has 2 aliphatic rings. The van der Waals surface area contributed by atoms with Gasteiger partial charge in [0.25, 0.3) is 5.91 Å². The van der Waals surface area contributed by atoms with E-state index in [2.05, 4.69) is 38.4 Å². The van der Waals surface area contributed by atoms with Gasteiger partial charge >= 0.3 is 0 Å². The Bertz CT molecular complexity index is 1020. The van der Waals surface area contributed by atoms with Gasteiger partial charge in [-0.05, 0) is 51.5 Å². The summed E-state index contributed by atoms with van der Waals surface area (Å²) in [6, 6.07) is 6.42. The van der Waals surface area contributed by atoms with Crippen LogP contribution < -0.4 is 0 Å². The molecule has 0 N–H and O–H groups in total. The molecule has 5 rings (SSSR count). The summed E-state index contributed by atoms with van der Waals surface area (Å²) in [6.07, 6.45) is 7.17. The van der Waals surface area contributed by atoms with E-state index >= 15 is 0 Å². The quantitative estimate of drug-likeness (QED) is 0.645. The van der Waals surface area contributed by atoms with Crippen LogP contribution in [0.4, 0.5) is 0 Å². The Balaban J connectivity index is 1.44. The van der Waals surface area contributed by atoms with E-state index in [0.29, 0.717) is 18.3 Å². The average Bonchev–Trinajstić information content (AvgIpc) is 3.45. The SMILES string of the molecule is CN1CCCN(C(=O)c2nc3sccn3c2CN2CCC[C@@H]2c2ccccn2)CC1. The topological polar surface area (TPSA) is 57.0 Å². The molecule has 0 radical (unpaired) electrons. The average molecular weight is 425 g/mol. The summed E-state index contributed by atoms with van der Waals surface area (Å²) < 4.78 is 2.11. The van der Waals surface area contributed by atoms with E-state index < -0.39 is 0 Å². The van der Waals surface area contributed by atoms with E-state index in [1.54, 1.807) is 11.3 Å². The minimum Gasteiger partial charge on any atom is -0.336 e. The zero-order chi connectivity index (χ0) is 20.5. The van der Waals surface area contributed by atoms with Crippen LogP contribution in [0.5, 0.6) is 0 Å². The molecule has 30 heavy (non-hydrogen) atoms. The molecular weight excluding hydrogens is 396 g/mol. The van der Waals surface area contributed by atoms with Crippen LogP contribution in [0, 0.1) is 0 Å². The molecule has 0 aromatic carbocycles. The number of rotatable bonds is 4. The zero-order valence-corrected chi connectivity index (χ0v) is 18.2. The highest BCUT2D eigenvalue weighted by Gasteiger charge is 2.31. The first-order chi connectivity index (χ1) is 14.7. The number of nitrogens with zero attached hydrogens (tertiary/aromatic N) is 6. The number of aromatic nitrogens is 3. The molecular formula is C22H28N6OS. The molecule has 3 aromatic rings. The van der Waals surface area contributed by atoms with E-state index in [9.17, 15) is 4.79 Å². The molecule has 2 fully saturated rings. The summed E-state index contributed by atoms with van der Waals surface area (Å²) in [7, 11) is 2.12. The molecule has 0 saturated carbocycles. The van der Waals surface area contributed by atoms with Crippen molar-refractivity contribution in [2.45, 2.75) is 31.8 Å². The molecule has 8 heteroatoms. The third kappa shape index (κ3) is 3.75. The zero-order valence-electron chi connectivity index (χ0n) is 17.4. The lowest BCUT2D eigenvalue weighted by atomic mass is 10.1. The molecule has 3 aromatic heterocycles. The predicted octanol–water partition coefficient (Wildman–Crippen LogP) is 2.91. The van der Waals surface area contributed by atoms with Crippen molar-refractivity contribution < 1.29 is 4.79 Å². The molecule has 1 amide bonds. The highest BCUT2D eigenvalue weighted by atomic mass is 32.1. The third-order valence-electron chi connectivity index (χ3n) is 6.32. The number of hydrogen-bond donors (Lipinski definition) is 0. The summed E-state index contributed by atoms with van der Waals surface area (Å²) in [5.74, 6) is 0.0739. The third-order valence-corrected chi connectivity index (χ3v) is 7.07. The lowest BCUT2D eigenvalue weighted by molar-refractivity contribution is 0.0754. The Morgan fingerprint density at radius 1 is 1.17 bits per heavy atom. The van der Waals surface area contributed by atoms with Gasteiger partial charge in [-0.3, -0.25) is 19.1 Å². The fourth-order valence-corrected chi connectivity index (χ4v) is 5.40. The fraction of sp³-hybridized carbons (Fsp3) is 0.500. The Morgan fingerprint density at radius 3 is 2.97 bits per heavy atom. The fourth-order valence-electron chi connectivity index (χ4n) is 4.67. The van der Waals surface area contributed by atoms with Crippen molar-refractivity contribution in [3.05, 3.63) is 53.1 Å². The van der Waals surface area contributed by atoms with E-state index in [0.717, 1.165) is 68.3 Å². The van der Waals surface area contributed by atoms with Gasteiger partial charge in [-0.15, -0.1) is 11.3 Å². The van der Waals surface area contributed by atoms with Gasteiger partial charge in [0, 0.05) is 44.0 Å². The molecule has 2 aliphatic heterocycles. The van der Waals surface area contributed by atoms with Crippen molar-refractivity contribution in [1.82, 2.24) is 29.1 Å². The number of thiazole rings is 1. The van der Waals surface area contributed by atoms with Gasteiger partial charge < -0.3 is 9.80 Å². The number of carbonyl (C=O) groups excluding carboxylic acids is 1. The van der Waals surface area contributed by atoms with Gasteiger partial charge in [-0.2, -0.15) is 0 Å². The Morgan fingerprint density at radius 2 is 2.10 bits per heavy atom. The van der Waals surface area contributed by atoms with Crippen LogP contribution in [-0.2, 0) is 6.54 Å². The number of hydrogen-bond acceptors (Lipinski definition) is 6. The van der Waals surface area contributed by atoms with E-state index in [1.165, 1.54) is 0 Å². The lowest BCUT2D eigenvalue weighted by Gasteiger charge is -2.25. The molecule has 0 aliphatic carbocycles. The first kappa shape index (κ1) is 19.7. The number of amides is 1. The Labute approximate surface area is 180 Å². The monoisotopic (exact) mass is 424 g/mol. The summed E-state index contributed by atoms with van der Waals surface area (Å²) in [5.41, 5.74) is 2.75. The molecule has 1 atom stereocenters. The van der Waals surface area contributed by atoms with E-state index in [4.69, 9.17) is 4.98 Å². The molecule has 0 bridgehead atoms. The summed E-state index contributed by atoms with van der Waals surface area (Å²) >= 11 is 1.59. The van der Waals surface area contributed by atoms with Crippen LogP contribution in [0.3, 0.4) is 0 Å². The standard InChI is InChI=1S/C22H28N6OS/c1-25-9-5-11-26(13-12-25)21(29)20-19(28-14-15-30-22(28)24-20)16-27-10-4-7-18(27)17-6-2-3-8-23-17/h2-3,6,8,14-15,18H,4-5,7,9-13,16H2,1H3/t18-/m1/s1. The van der Waals surface area contributed by atoms with Gasteiger partial charge in [0.1, 0.15) is 0 Å². The number of imidazole rings is 1. The number of likely N-dealkylation sites (N-methyl/N-ethyl adjacent to an activating group) is 1. The maximum Gasteiger partial charge on any atom is 0.274 e. The van der Waals surface area contributed by atoms with Crippen molar-refractivity contribution in [1.29, 1.82) is 0 Å². The van der Waals surface area contributed by atoms with Crippen LogP contribution >= 0.6 is 11.3 Å². The predicted molar refractivity (Wildman–Crippen MR) is 118 cm³/mol. The van der Waals surface area contributed by atoms with Crippen LogP contribution in [-0.4, -0.2) is 74.7 Å². The highest BCUT2D eigenvalue weighted by Crippen LogP contribution is 2.33. The maximum atomic E-state index is 13.5. The second kappa shape index (κ2) is 8.45. The van der Waals surface area contributed by atoms with Gasteiger partial charge in [0.2, 0.25) is 0 Å². The smallest absolute Gasteiger partial charge is 0.274 e. The Hall–Kier alpha value is -2.29. The second-order valence-corrected chi connectivity index (χ2v) is 9.17. The number of likely N-dealkylation sites (tertiary alicyclic amines) is 1. The molecule has 2 saturated heterocycles. The number of carbonyl (C=O) groups is 1. The van der Waals surface area contributed by atoms with Crippen molar-refractivity contribution in [2.75, 3.05) is 39.8 Å². The first-order valence-corrected chi connectivity index (χ1v) is 11.7. The first-order valence-electron chi connectivity index (χ1n) is 10.8. The largest absolute Gasteiger partial charge is 0.336 e. The molecule has 158 valence electrons. The van der Waals surface area contributed by atoms with Crippen molar-refractivity contribution >= 4 is 22.2 Å². The molecule has 0 unspecified atom stereocenters. The minimum atomic E-state index is 0.0739. The van der Waals surface area contributed by atoms with Gasteiger partial charge in [-0.25, -0.2) is 4.98 Å². The molecule has 5 heterocycles. The number of pyridine rings is 1. The van der Waals surface area contributed by atoms with E-state index in [1.807, 2.05) is 28.7 Å². The van der Waals surface area contributed by atoms with Gasteiger partial charge in [-0.1, -0.05) is 6.07 Å². The Kier molecular flexibility index (Phi) is 5.54. The normalized spacial score (nSPS) is 21.4. The van der Waals surface area contributed by atoms with Crippen LogP contribution in [0.1, 0.15) is 47.2 Å². The van der Waals surface area contributed by atoms with Crippen LogP contribution in [0.15, 0.2) is 36.0 Å². The second-order valence-electron chi connectivity index (χ2n) is 8.29. The van der Waals surface area contributed by atoms with E-state index in [-0.39, 0.29) is 5.91 Å². The number of fused-ring (bicyclic) bond motifs is 1. The minimum absolute atomic E-state index is 0.0739. The van der Waals surface area contributed by atoms with Gasteiger partial charge in [0.05, 0.1) is 17.4 Å². The molecule has 7 nitrogen and oxygen atoms in total. The maximum absolute atomic E-state index is 13.5. The van der Waals surface area contributed by atoms with Crippen molar-refractivity contribution in [2.24, 2.45) is 0 Å². The summed E-state index contributed by atoms with van der Waals surface area (Å²) in [4.78, 5) is 30.5. The van der Waals surface area contributed by atoms with Crippen molar-refractivity contribution in [3.8, 4) is 0 Å².